The Labute approximate surface area is 137 Å². The Morgan fingerprint density at radius 3 is 2.65 bits per heavy atom. The van der Waals surface area contributed by atoms with Gasteiger partial charge in [-0.2, -0.15) is 0 Å². The van der Waals surface area contributed by atoms with E-state index in [-0.39, 0.29) is 12.1 Å². The second-order valence-corrected chi connectivity index (χ2v) is 5.68. The van der Waals surface area contributed by atoms with Gasteiger partial charge in [0.25, 0.3) is 5.56 Å². The molecule has 0 bridgehead atoms. The van der Waals surface area contributed by atoms with E-state index < -0.39 is 17.3 Å². The van der Waals surface area contributed by atoms with E-state index in [0.717, 1.165) is 11.1 Å². The summed E-state index contributed by atoms with van der Waals surface area (Å²) in [5, 5.41) is 5.66. The molecule has 0 radical (unpaired) electrons. The van der Waals surface area contributed by atoms with Crippen LogP contribution >= 0.6 is 11.6 Å². The summed E-state index contributed by atoms with van der Waals surface area (Å²) in [6.45, 7) is 3.73. The van der Waals surface area contributed by atoms with Crippen LogP contribution in [0.5, 0.6) is 0 Å². The van der Waals surface area contributed by atoms with Crippen molar-refractivity contribution in [2.45, 2.75) is 20.4 Å². The molecule has 0 atom stereocenters. The smallest absolute Gasteiger partial charge is 0.328 e. The first-order valence-corrected chi connectivity index (χ1v) is 7.26. The third-order valence-corrected chi connectivity index (χ3v) is 3.59. The molecule has 1 aromatic heterocycles. The van der Waals surface area contributed by atoms with E-state index in [0.29, 0.717) is 10.7 Å². The van der Waals surface area contributed by atoms with Gasteiger partial charge in [-0.3, -0.25) is 9.78 Å². The standard InChI is InChI=1S/C15H17ClN4O3/c1-8-4-9(2)12(11(16)5-8)18-14(22)17-6-10-7-20(3)15(23)19-13(10)21/h4-5,7H,6H2,1-3H3,(H2,17,18,22)(H,19,21,23). The normalized spacial score (nSPS) is 10.4. The van der Waals surface area contributed by atoms with Gasteiger partial charge in [0.1, 0.15) is 0 Å². The number of nitrogens with zero attached hydrogens (tertiary/aromatic N) is 1. The van der Waals surface area contributed by atoms with Gasteiger partial charge in [0.15, 0.2) is 0 Å². The molecule has 0 aliphatic rings. The number of aryl methyl sites for hydroxylation is 3. The van der Waals surface area contributed by atoms with E-state index in [1.807, 2.05) is 19.9 Å². The fraction of sp³-hybridized carbons (Fsp3) is 0.267. The molecule has 2 aromatic rings. The van der Waals surface area contributed by atoms with Crippen LogP contribution in [-0.4, -0.2) is 15.6 Å². The van der Waals surface area contributed by atoms with E-state index in [4.69, 9.17) is 11.6 Å². The number of carbonyl (C=O) groups excluding carboxylic acids is 1. The van der Waals surface area contributed by atoms with Crippen LogP contribution < -0.4 is 21.9 Å². The van der Waals surface area contributed by atoms with Crippen molar-refractivity contribution in [3.05, 3.63) is 60.9 Å². The summed E-state index contributed by atoms with van der Waals surface area (Å²) < 4.78 is 1.23. The van der Waals surface area contributed by atoms with Crippen LogP contribution in [0.1, 0.15) is 16.7 Å². The molecule has 23 heavy (non-hydrogen) atoms. The Bertz CT molecular complexity index is 847. The number of aromatic nitrogens is 2. The molecule has 0 unspecified atom stereocenters. The summed E-state index contributed by atoms with van der Waals surface area (Å²) in [5.74, 6) is 0. The lowest BCUT2D eigenvalue weighted by Gasteiger charge is -2.12. The molecule has 3 N–H and O–H groups in total. The average molecular weight is 337 g/mol. The molecule has 122 valence electrons. The van der Waals surface area contributed by atoms with Gasteiger partial charge in [0.05, 0.1) is 22.8 Å². The maximum atomic E-state index is 12.0. The number of nitrogens with one attached hydrogen (secondary N) is 3. The highest BCUT2D eigenvalue weighted by Crippen LogP contribution is 2.27. The minimum Gasteiger partial charge on any atom is -0.334 e. The molecule has 7 nitrogen and oxygen atoms in total. The lowest BCUT2D eigenvalue weighted by molar-refractivity contribution is 0.251. The topological polar surface area (TPSA) is 96.0 Å². The number of anilines is 1. The first-order valence-electron chi connectivity index (χ1n) is 6.88. The lowest BCUT2D eigenvalue weighted by Crippen LogP contribution is -2.35. The Morgan fingerprint density at radius 1 is 1.30 bits per heavy atom. The number of rotatable bonds is 3. The molecule has 0 spiro atoms. The largest absolute Gasteiger partial charge is 0.334 e. The minimum absolute atomic E-state index is 0.0161. The zero-order chi connectivity index (χ0) is 17.1. The van der Waals surface area contributed by atoms with Crippen LogP contribution in [0.4, 0.5) is 10.5 Å². The van der Waals surface area contributed by atoms with Crippen LogP contribution in [-0.2, 0) is 13.6 Å². The molecule has 0 saturated carbocycles. The molecule has 0 aliphatic heterocycles. The van der Waals surface area contributed by atoms with E-state index in [1.54, 1.807) is 6.07 Å². The number of H-pyrrole nitrogens is 1. The van der Waals surface area contributed by atoms with Crippen LogP contribution in [0.3, 0.4) is 0 Å². The number of hydrogen-bond donors (Lipinski definition) is 3. The Kier molecular flexibility index (Phi) is 4.90. The summed E-state index contributed by atoms with van der Waals surface area (Å²) in [7, 11) is 1.51. The van der Waals surface area contributed by atoms with Crippen LogP contribution in [0.15, 0.2) is 27.9 Å². The predicted molar refractivity (Wildman–Crippen MR) is 89.1 cm³/mol. The summed E-state index contributed by atoms with van der Waals surface area (Å²) in [4.78, 5) is 37.1. The Balaban J connectivity index is 2.08. The second-order valence-electron chi connectivity index (χ2n) is 5.27. The SMILES string of the molecule is Cc1cc(C)c(NC(=O)NCc2cn(C)c(=O)[nH]c2=O)c(Cl)c1. The van der Waals surface area contributed by atoms with E-state index in [2.05, 4.69) is 15.6 Å². The van der Waals surface area contributed by atoms with Crippen molar-refractivity contribution < 1.29 is 4.79 Å². The highest BCUT2D eigenvalue weighted by Gasteiger charge is 2.10. The van der Waals surface area contributed by atoms with Gasteiger partial charge in [-0.05, 0) is 31.0 Å². The number of hydrogen-bond acceptors (Lipinski definition) is 3. The summed E-state index contributed by atoms with van der Waals surface area (Å²) in [6.07, 6.45) is 1.38. The zero-order valence-corrected chi connectivity index (χ0v) is 13.7. The van der Waals surface area contributed by atoms with Crippen molar-refractivity contribution >= 4 is 23.3 Å². The van der Waals surface area contributed by atoms with Crippen LogP contribution in [0.25, 0.3) is 0 Å². The van der Waals surface area contributed by atoms with E-state index in [1.165, 1.54) is 17.8 Å². The first kappa shape index (κ1) is 16.8. The average Bonchev–Trinajstić information content (AvgIpc) is 2.45. The van der Waals surface area contributed by atoms with Gasteiger partial charge in [-0.15, -0.1) is 0 Å². The molecule has 0 fully saturated rings. The lowest BCUT2D eigenvalue weighted by atomic mass is 10.1. The van der Waals surface area contributed by atoms with Gasteiger partial charge in [-0.25, -0.2) is 9.59 Å². The predicted octanol–water partition coefficient (Wildman–Crippen LogP) is 1.67. The molecule has 0 aliphatic carbocycles. The van der Waals surface area contributed by atoms with Crippen molar-refractivity contribution in [3.63, 3.8) is 0 Å². The molecule has 0 saturated heterocycles. The minimum atomic E-state index is -0.530. The van der Waals surface area contributed by atoms with Crippen LogP contribution in [0, 0.1) is 13.8 Å². The van der Waals surface area contributed by atoms with Gasteiger partial charge < -0.3 is 15.2 Å². The number of aromatic amines is 1. The van der Waals surface area contributed by atoms with Crippen LogP contribution in [0.2, 0.25) is 5.02 Å². The summed E-state index contributed by atoms with van der Waals surface area (Å²) >= 11 is 6.12. The maximum absolute atomic E-state index is 12.0. The third-order valence-electron chi connectivity index (χ3n) is 3.29. The highest BCUT2D eigenvalue weighted by molar-refractivity contribution is 6.34. The molecule has 2 amide bonds. The molecular weight excluding hydrogens is 320 g/mol. The van der Waals surface area contributed by atoms with Crippen molar-refractivity contribution in [1.82, 2.24) is 14.9 Å². The van der Waals surface area contributed by atoms with Crippen molar-refractivity contribution in [3.8, 4) is 0 Å². The monoisotopic (exact) mass is 336 g/mol. The van der Waals surface area contributed by atoms with Gasteiger partial charge >= 0.3 is 11.7 Å². The fourth-order valence-corrected chi connectivity index (χ4v) is 2.52. The number of carbonyl (C=O) groups is 1. The molecule has 1 heterocycles. The quantitative estimate of drug-likeness (QED) is 0.795. The molecule has 8 heteroatoms. The second kappa shape index (κ2) is 6.70. The van der Waals surface area contributed by atoms with Crippen molar-refractivity contribution in [2.24, 2.45) is 7.05 Å². The molecule has 1 aromatic carbocycles. The Morgan fingerprint density at radius 2 is 2.00 bits per heavy atom. The summed E-state index contributed by atoms with van der Waals surface area (Å²) in [5.41, 5.74) is 1.58. The number of urea groups is 1. The molecule has 2 rings (SSSR count). The zero-order valence-electron chi connectivity index (χ0n) is 13.0. The van der Waals surface area contributed by atoms with Gasteiger partial charge in [0, 0.05) is 13.2 Å². The highest BCUT2D eigenvalue weighted by atomic mass is 35.5. The molecular formula is C15H17ClN4O3. The van der Waals surface area contributed by atoms with Crippen molar-refractivity contribution in [1.29, 1.82) is 0 Å². The third kappa shape index (κ3) is 4.01. The van der Waals surface area contributed by atoms with Gasteiger partial charge in [-0.1, -0.05) is 17.7 Å². The fourth-order valence-electron chi connectivity index (χ4n) is 2.15. The first-order chi connectivity index (χ1) is 10.8. The van der Waals surface area contributed by atoms with Gasteiger partial charge in [0.2, 0.25) is 0 Å². The maximum Gasteiger partial charge on any atom is 0.328 e. The number of amides is 2. The van der Waals surface area contributed by atoms with E-state index in [9.17, 15) is 14.4 Å². The Hall–Kier alpha value is -2.54. The van der Waals surface area contributed by atoms with Crippen molar-refractivity contribution in [2.75, 3.05) is 5.32 Å². The summed E-state index contributed by atoms with van der Waals surface area (Å²) in [6, 6.07) is 3.16. The van der Waals surface area contributed by atoms with E-state index >= 15 is 0 Å². The number of benzene rings is 1. The number of halogens is 1.